The first kappa shape index (κ1) is 18.8. The van der Waals surface area contributed by atoms with Gasteiger partial charge in [-0.3, -0.25) is 20.2 Å². The molecule has 0 radical (unpaired) electrons. The van der Waals surface area contributed by atoms with Crippen LogP contribution in [0.4, 0.5) is 0 Å². The molecule has 6 heteroatoms. The summed E-state index contributed by atoms with van der Waals surface area (Å²) in [5, 5.41) is 4.93. The van der Waals surface area contributed by atoms with Crippen LogP contribution in [0.3, 0.4) is 0 Å². The number of carbonyl (C=O) groups excluding carboxylic acids is 2. The van der Waals surface area contributed by atoms with E-state index in [2.05, 4.69) is 42.7 Å². The number of benzene rings is 2. The van der Waals surface area contributed by atoms with Crippen LogP contribution in [0.1, 0.15) is 27.8 Å². The topological polar surface area (TPSA) is 67.4 Å². The van der Waals surface area contributed by atoms with E-state index in [1.54, 1.807) is 19.3 Å². The van der Waals surface area contributed by atoms with Crippen LogP contribution < -0.4 is 15.4 Å². The van der Waals surface area contributed by atoms with Gasteiger partial charge < -0.3 is 4.74 Å². The molecule has 0 spiro atoms. The summed E-state index contributed by atoms with van der Waals surface area (Å²) in [6.07, 6.45) is 2.24. The number of carbonyl (C=O) groups is 2. The summed E-state index contributed by atoms with van der Waals surface area (Å²) in [6.45, 7) is 4.12. The van der Waals surface area contributed by atoms with Crippen molar-refractivity contribution in [1.82, 2.24) is 10.6 Å². The Morgan fingerprint density at radius 2 is 1.63 bits per heavy atom. The number of rotatable bonds is 4. The van der Waals surface area contributed by atoms with Gasteiger partial charge in [0.2, 0.25) is 0 Å². The number of hydrogen-bond acceptors (Lipinski definition) is 4. The van der Waals surface area contributed by atoms with Gasteiger partial charge in [0.1, 0.15) is 11.3 Å². The van der Waals surface area contributed by atoms with Gasteiger partial charge in [-0.05, 0) is 67.4 Å². The van der Waals surface area contributed by atoms with Gasteiger partial charge in [-0.25, -0.2) is 0 Å². The van der Waals surface area contributed by atoms with Gasteiger partial charge in [0, 0.05) is 0 Å². The van der Waals surface area contributed by atoms with E-state index in [0.29, 0.717) is 6.42 Å². The van der Waals surface area contributed by atoms with Crippen LogP contribution in [0.15, 0.2) is 42.0 Å². The Labute approximate surface area is 163 Å². The first-order chi connectivity index (χ1) is 12.9. The molecule has 0 saturated carbocycles. The van der Waals surface area contributed by atoms with Crippen LogP contribution in [0, 0.1) is 13.8 Å². The molecule has 1 fully saturated rings. The summed E-state index contributed by atoms with van der Waals surface area (Å²) in [5.74, 6) is -0.288. The highest BCUT2D eigenvalue weighted by atomic mass is 32.1. The predicted octanol–water partition coefficient (Wildman–Crippen LogP) is 2.82. The van der Waals surface area contributed by atoms with E-state index in [4.69, 9.17) is 17.0 Å². The molecule has 0 bridgehead atoms. The van der Waals surface area contributed by atoms with Crippen molar-refractivity contribution in [1.29, 1.82) is 0 Å². The molecule has 0 aromatic heterocycles. The number of methoxy groups -OCH3 is 1. The van der Waals surface area contributed by atoms with Crippen molar-refractivity contribution in [2.45, 2.75) is 20.3 Å². The van der Waals surface area contributed by atoms with Crippen molar-refractivity contribution < 1.29 is 14.3 Å². The van der Waals surface area contributed by atoms with Crippen LogP contribution in [0.5, 0.6) is 5.75 Å². The molecule has 1 aliphatic heterocycles. The van der Waals surface area contributed by atoms with E-state index in [1.165, 1.54) is 11.1 Å². The van der Waals surface area contributed by atoms with E-state index in [9.17, 15) is 9.59 Å². The van der Waals surface area contributed by atoms with Crippen molar-refractivity contribution in [3.63, 3.8) is 0 Å². The average Bonchev–Trinajstić information content (AvgIpc) is 2.58. The minimum atomic E-state index is -0.503. The second-order valence-electron chi connectivity index (χ2n) is 6.53. The van der Waals surface area contributed by atoms with Crippen LogP contribution in [-0.2, 0) is 16.0 Å². The van der Waals surface area contributed by atoms with Crippen molar-refractivity contribution in [3.8, 4) is 5.75 Å². The molecule has 1 aliphatic rings. The number of ether oxygens (including phenoxy) is 1. The lowest BCUT2D eigenvalue weighted by Crippen LogP contribution is -2.51. The first-order valence-corrected chi connectivity index (χ1v) is 8.89. The molecule has 0 unspecified atom stereocenters. The normalized spacial score (nSPS) is 13.9. The van der Waals surface area contributed by atoms with Gasteiger partial charge in [0.15, 0.2) is 5.11 Å². The van der Waals surface area contributed by atoms with Gasteiger partial charge in [0.25, 0.3) is 11.8 Å². The van der Waals surface area contributed by atoms with Crippen molar-refractivity contribution in [2.24, 2.45) is 0 Å². The molecule has 2 aromatic rings. The smallest absolute Gasteiger partial charge is 0.263 e. The van der Waals surface area contributed by atoms with Crippen LogP contribution in [-0.4, -0.2) is 24.0 Å². The van der Waals surface area contributed by atoms with Crippen LogP contribution in [0.25, 0.3) is 6.08 Å². The van der Waals surface area contributed by atoms with Gasteiger partial charge >= 0.3 is 0 Å². The Bertz CT molecular complexity index is 937. The molecule has 3 rings (SSSR count). The molecule has 1 saturated heterocycles. The highest BCUT2D eigenvalue weighted by molar-refractivity contribution is 7.80. The maximum absolute atomic E-state index is 12.1. The molecule has 27 heavy (non-hydrogen) atoms. The van der Waals surface area contributed by atoms with Gasteiger partial charge in [-0.15, -0.1) is 0 Å². The minimum Gasteiger partial charge on any atom is -0.497 e. The number of thiocarbonyl (C=S) groups is 1. The number of aryl methyl sites for hydroxylation is 2. The Morgan fingerprint density at radius 1 is 1.00 bits per heavy atom. The fraction of sp³-hybridized carbons (Fsp3) is 0.190. The summed E-state index contributed by atoms with van der Waals surface area (Å²) in [6, 6.07) is 12.0. The summed E-state index contributed by atoms with van der Waals surface area (Å²) >= 11 is 4.84. The minimum absolute atomic E-state index is 0.0207. The highest BCUT2D eigenvalue weighted by Crippen LogP contribution is 2.24. The molecular formula is C21H20N2O3S. The second kappa shape index (κ2) is 7.72. The molecule has 2 amide bonds. The third-order valence-electron chi connectivity index (χ3n) is 4.27. The maximum Gasteiger partial charge on any atom is 0.263 e. The van der Waals surface area contributed by atoms with E-state index < -0.39 is 11.8 Å². The molecule has 2 aromatic carbocycles. The quantitative estimate of drug-likeness (QED) is 0.486. The molecule has 1 heterocycles. The molecule has 138 valence electrons. The number of amides is 2. The Balaban J connectivity index is 2.03. The van der Waals surface area contributed by atoms with E-state index in [-0.39, 0.29) is 10.7 Å². The fourth-order valence-electron chi connectivity index (χ4n) is 3.16. The van der Waals surface area contributed by atoms with E-state index in [0.717, 1.165) is 22.4 Å². The zero-order chi connectivity index (χ0) is 19.6. The fourth-order valence-corrected chi connectivity index (χ4v) is 3.34. The average molecular weight is 380 g/mol. The molecule has 0 atom stereocenters. The van der Waals surface area contributed by atoms with E-state index >= 15 is 0 Å². The lowest BCUT2D eigenvalue weighted by atomic mass is 9.95. The van der Waals surface area contributed by atoms with Crippen LogP contribution in [0.2, 0.25) is 0 Å². The van der Waals surface area contributed by atoms with Crippen LogP contribution >= 0.6 is 12.2 Å². The zero-order valence-corrected chi connectivity index (χ0v) is 16.2. The monoisotopic (exact) mass is 380 g/mol. The third-order valence-corrected chi connectivity index (χ3v) is 4.47. The predicted molar refractivity (Wildman–Crippen MR) is 109 cm³/mol. The highest BCUT2D eigenvalue weighted by Gasteiger charge is 2.26. The number of hydrogen-bond donors (Lipinski definition) is 2. The van der Waals surface area contributed by atoms with Crippen molar-refractivity contribution in [3.05, 3.63) is 69.8 Å². The Kier molecular flexibility index (Phi) is 5.37. The standard InChI is InChI=1S/C21H20N2O3S/c1-12-6-13(2)8-14(7-12)9-16-10-17(26-3)5-4-15(16)11-18-19(24)22-21(27)23-20(18)25/h4-8,10-11H,9H2,1-3H3,(H2,22,23,24,25,27). The summed E-state index contributed by atoms with van der Waals surface area (Å²) in [5.41, 5.74) is 5.29. The zero-order valence-electron chi connectivity index (χ0n) is 15.4. The summed E-state index contributed by atoms with van der Waals surface area (Å²) in [7, 11) is 1.61. The van der Waals surface area contributed by atoms with E-state index in [1.807, 2.05) is 12.1 Å². The maximum atomic E-state index is 12.1. The molecular weight excluding hydrogens is 360 g/mol. The lowest BCUT2D eigenvalue weighted by molar-refractivity contribution is -0.123. The van der Waals surface area contributed by atoms with Gasteiger partial charge in [0.05, 0.1) is 7.11 Å². The first-order valence-electron chi connectivity index (χ1n) is 8.48. The SMILES string of the molecule is COc1ccc(C=C2C(=O)NC(=S)NC2=O)c(Cc2cc(C)cc(C)c2)c1. The van der Waals surface area contributed by atoms with Gasteiger partial charge in [-0.1, -0.05) is 35.4 Å². The number of nitrogens with one attached hydrogen (secondary N) is 2. The van der Waals surface area contributed by atoms with Crippen molar-refractivity contribution in [2.75, 3.05) is 7.11 Å². The van der Waals surface area contributed by atoms with Crippen molar-refractivity contribution >= 4 is 35.2 Å². The largest absolute Gasteiger partial charge is 0.497 e. The van der Waals surface area contributed by atoms with Gasteiger partial charge in [-0.2, -0.15) is 0 Å². The Hall–Kier alpha value is -2.99. The summed E-state index contributed by atoms with van der Waals surface area (Å²) in [4.78, 5) is 24.3. The molecule has 0 aliphatic carbocycles. The second-order valence-corrected chi connectivity index (χ2v) is 6.94. The molecule has 2 N–H and O–H groups in total. The summed E-state index contributed by atoms with van der Waals surface area (Å²) < 4.78 is 5.34. The Morgan fingerprint density at radius 3 is 2.22 bits per heavy atom. The molecule has 5 nitrogen and oxygen atoms in total. The lowest BCUT2D eigenvalue weighted by Gasteiger charge is -2.17. The third kappa shape index (κ3) is 4.41.